The Bertz CT molecular complexity index is 624. The number of anilines is 1. The van der Waals surface area contributed by atoms with Crippen LogP contribution in [0.1, 0.15) is 11.1 Å². The maximum Gasteiger partial charge on any atom is 0.263 e. The van der Waals surface area contributed by atoms with Gasteiger partial charge in [-0.3, -0.25) is 4.79 Å². The first-order chi connectivity index (χ1) is 10.1. The normalized spacial score (nSPS) is 10.0. The number of nitrogens with zero attached hydrogens (tertiary/aromatic N) is 1. The maximum atomic E-state index is 11.8. The van der Waals surface area contributed by atoms with Crippen molar-refractivity contribution >= 4 is 11.7 Å². The lowest BCUT2D eigenvalue weighted by Crippen LogP contribution is -2.20. The van der Waals surface area contributed by atoms with Crippen LogP contribution in [0.25, 0.3) is 0 Å². The van der Waals surface area contributed by atoms with Crippen LogP contribution >= 0.6 is 0 Å². The zero-order valence-electron chi connectivity index (χ0n) is 12.3. The summed E-state index contributed by atoms with van der Waals surface area (Å²) in [6.07, 6.45) is 1.69. The van der Waals surface area contributed by atoms with E-state index in [1.165, 1.54) is 0 Å². The van der Waals surface area contributed by atoms with Gasteiger partial charge >= 0.3 is 0 Å². The average molecular weight is 286 g/mol. The van der Waals surface area contributed by atoms with Crippen molar-refractivity contribution < 1.29 is 14.3 Å². The lowest BCUT2D eigenvalue weighted by molar-refractivity contribution is -0.118. The van der Waals surface area contributed by atoms with Crippen molar-refractivity contribution in [1.82, 2.24) is 4.98 Å². The van der Waals surface area contributed by atoms with Crippen LogP contribution in [0, 0.1) is 13.8 Å². The molecule has 0 saturated heterocycles. The summed E-state index contributed by atoms with van der Waals surface area (Å²) in [6, 6.07) is 9.17. The van der Waals surface area contributed by atoms with E-state index in [2.05, 4.69) is 10.3 Å². The van der Waals surface area contributed by atoms with Gasteiger partial charge in [-0.2, -0.15) is 0 Å². The number of pyridine rings is 1. The van der Waals surface area contributed by atoms with Gasteiger partial charge in [-0.05, 0) is 43.2 Å². The van der Waals surface area contributed by atoms with E-state index >= 15 is 0 Å². The predicted octanol–water partition coefficient (Wildman–Crippen LogP) is 2.72. The Labute approximate surface area is 123 Å². The summed E-state index contributed by atoms with van der Waals surface area (Å²) in [5, 5.41) is 2.67. The second kappa shape index (κ2) is 6.74. The van der Waals surface area contributed by atoms with Gasteiger partial charge in [0.1, 0.15) is 5.82 Å². The van der Waals surface area contributed by atoms with Crippen molar-refractivity contribution in [2.24, 2.45) is 0 Å². The summed E-state index contributed by atoms with van der Waals surface area (Å²) in [7, 11) is 1.57. The zero-order valence-corrected chi connectivity index (χ0v) is 12.3. The monoisotopic (exact) mass is 286 g/mol. The number of hydrogen-bond donors (Lipinski definition) is 1. The van der Waals surface area contributed by atoms with Crippen LogP contribution in [0.5, 0.6) is 11.5 Å². The molecule has 2 rings (SSSR count). The van der Waals surface area contributed by atoms with Gasteiger partial charge in [-0.1, -0.05) is 12.1 Å². The van der Waals surface area contributed by atoms with Crippen molar-refractivity contribution in [2.45, 2.75) is 13.8 Å². The third-order valence-corrected chi connectivity index (χ3v) is 2.86. The Balaban J connectivity index is 1.93. The van der Waals surface area contributed by atoms with E-state index in [9.17, 15) is 4.79 Å². The first-order valence-electron chi connectivity index (χ1n) is 6.58. The summed E-state index contributed by atoms with van der Waals surface area (Å²) < 4.78 is 10.7. The standard InChI is InChI=1S/C16H18N2O3/c1-11-4-6-13(14(8-11)20-3)21-10-16(19)18-15-7-5-12(2)9-17-15/h4-9H,10H2,1-3H3,(H,17,18,19). The minimum Gasteiger partial charge on any atom is -0.493 e. The summed E-state index contributed by atoms with van der Waals surface area (Å²) >= 11 is 0. The molecule has 5 nitrogen and oxygen atoms in total. The molecule has 0 spiro atoms. The SMILES string of the molecule is COc1cc(C)ccc1OCC(=O)Nc1ccc(C)cn1. The van der Waals surface area contributed by atoms with Crippen LogP contribution in [0.4, 0.5) is 5.82 Å². The van der Waals surface area contributed by atoms with Gasteiger partial charge in [0, 0.05) is 6.20 Å². The molecule has 0 aliphatic heterocycles. The molecule has 1 aromatic carbocycles. The van der Waals surface area contributed by atoms with Crippen LogP contribution in [0.15, 0.2) is 36.5 Å². The van der Waals surface area contributed by atoms with Crippen molar-refractivity contribution in [3.8, 4) is 11.5 Å². The minimum absolute atomic E-state index is 0.102. The molecule has 1 heterocycles. The highest BCUT2D eigenvalue weighted by molar-refractivity contribution is 5.90. The third-order valence-electron chi connectivity index (χ3n) is 2.86. The van der Waals surface area contributed by atoms with Crippen molar-refractivity contribution in [2.75, 3.05) is 19.0 Å². The van der Waals surface area contributed by atoms with Gasteiger partial charge in [0.25, 0.3) is 5.91 Å². The van der Waals surface area contributed by atoms with Crippen molar-refractivity contribution in [1.29, 1.82) is 0 Å². The van der Waals surface area contributed by atoms with Crippen LogP contribution in [-0.4, -0.2) is 24.6 Å². The molecule has 1 N–H and O–H groups in total. The predicted molar refractivity (Wildman–Crippen MR) is 80.8 cm³/mol. The Hall–Kier alpha value is -2.56. The summed E-state index contributed by atoms with van der Waals surface area (Å²) in [5.41, 5.74) is 2.10. The Morgan fingerprint density at radius 2 is 1.90 bits per heavy atom. The molecule has 5 heteroatoms. The van der Waals surface area contributed by atoms with Crippen LogP contribution in [0.3, 0.4) is 0 Å². The number of aromatic nitrogens is 1. The summed E-state index contributed by atoms with van der Waals surface area (Å²) in [6.45, 7) is 3.79. The number of nitrogens with one attached hydrogen (secondary N) is 1. The van der Waals surface area contributed by atoms with E-state index in [1.807, 2.05) is 32.0 Å². The number of carbonyl (C=O) groups is 1. The molecule has 0 fully saturated rings. The summed E-state index contributed by atoms with van der Waals surface area (Å²) in [5.74, 6) is 1.38. The minimum atomic E-state index is -0.269. The lowest BCUT2D eigenvalue weighted by Gasteiger charge is -2.11. The lowest BCUT2D eigenvalue weighted by atomic mass is 10.2. The molecule has 0 bridgehead atoms. The van der Waals surface area contributed by atoms with E-state index in [1.54, 1.807) is 25.4 Å². The van der Waals surface area contributed by atoms with E-state index in [0.717, 1.165) is 11.1 Å². The van der Waals surface area contributed by atoms with Crippen molar-refractivity contribution in [3.05, 3.63) is 47.7 Å². The topological polar surface area (TPSA) is 60.5 Å². The molecule has 0 saturated carbocycles. The molecule has 1 amide bonds. The molecule has 0 unspecified atom stereocenters. The number of carbonyl (C=O) groups excluding carboxylic acids is 1. The zero-order chi connectivity index (χ0) is 15.2. The molecule has 0 atom stereocenters. The fraction of sp³-hybridized carbons (Fsp3) is 0.250. The quantitative estimate of drug-likeness (QED) is 0.918. The van der Waals surface area contributed by atoms with Gasteiger partial charge in [-0.15, -0.1) is 0 Å². The molecule has 1 aromatic heterocycles. The Morgan fingerprint density at radius 1 is 1.14 bits per heavy atom. The largest absolute Gasteiger partial charge is 0.493 e. The highest BCUT2D eigenvalue weighted by Gasteiger charge is 2.08. The van der Waals surface area contributed by atoms with Gasteiger partial charge in [-0.25, -0.2) is 4.98 Å². The average Bonchev–Trinajstić information content (AvgIpc) is 2.48. The van der Waals surface area contributed by atoms with Gasteiger partial charge in [0.15, 0.2) is 18.1 Å². The number of hydrogen-bond acceptors (Lipinski definition) is 4. The van der Waals surface area contributed by atoms with Gasteiger partial charge in [0.2, 0.25) is 0 Å². The fourth-order valence-corrected chi connectivity index (χ4v) is 1.76. The molecule has 21 heavy (non-hydrogen) atoms. The molecular weight excluding hydrogens is 268 g/mol. The molecule has 2 aromatic rings. The number of rotatable bonds is 5. The van der Waals surface area contributed by atoms with Crippen molar-refractivity contribution in [3.63, 3.8) is 0 Å². The molecule has 0 aliphatic rings. The van der Waals surface area contributed by atoms with E-state index < -0.39 is 0 Å². The molecule has 110 valence electrons. The van der Waals surface area contributed by atoms with E-state index in [4.69, 9.17) is 9.47 Å². The van der Waals surface area contributed by atoms with E-state index in [-0.39, 0.29) is 12.5 Å². The smallest absolute Gasteiger partial charge is 0.263 e. The third kappa shape index (κ3) is 4.21. The molecule has 0 radical (unpaired) electrons. The molecule has 0 aliphatic carbocycles. The molecular formula is C16H18N2O3. The number of amides is 1. The number of aryl methyl sites for hydroxylation is 2. The van der Waals surface area contributed by atoms with E-state index in [0.29, 0.717) is 17.3 Å². The van der Waals surface area contributed by atoms with Gasteiger partial charge in [0.05, 0.1) is 7.11 Å². The van der Waals surface area contributed by atoms with Crippen LogP contribution in [-0.2, 0) is 4.79 Å². The first kappa shape index (κ1) is 14.8. The second-order valence-corrected chi connectivity index (χ2v) is 4.71. The van der Waals surface area contributed by atoms with Gasteiger partial charge < -0.3 is 14.8 Å². The summed E-state index contributed by atoms with van der Waals surface area (Å²) in [4.78, 5) is 15.9. The highest BCUT2D eigenvalue weighted by Crippen LogP contribution is 2.27. The van der Waals surface area contributed by atoms with Crippen LogP contribution < -0.4 is 14.8 Å². The highest BCUT2D eigenvalue weighted by atomic mass is 16.5. The number of methoxy groups -OCH3 is 1. The fourth-order valence-electron chi connectivity index (χ4n) is 1.76. The Kier molecular flexibility index (Phi) is 4.77. The first-order valence-corrected chi connectivity index (χ1v) is 6.58. The van der Waals surface area contributed by atoms with Crippen LogP contribution in [0.2, 0.25) is 0 Å². The number of ether oxygens (including phenoxy) is 2. The number of benzene rings is 1. The maximum absolute atomic E-state index is 11.8. The Morgan fingerprint density at radius 3 is 2.57 bits per heavy atom. The second-order valence-electron chi connectivity index (χ2n) is 4.71.